The van der Waals surface area contributed by atoms with Crippen LogP contribution >= 0.6 is 0 Å². The molecule has 0 aromatic heterocycles. The Morgan fingerprint density at radius 1 is 0.727 bits per heavy atom. The third kappa shape index (κ3) is 6.03. The van der Waals surface area contributed by atoms with Gasteiger partial charge in [-0.2, -0.15) is 13.2 Å². The van der Waals surface area contributed by atoms with Crippen molar-refractivity contribution in [3.63, 3.8) is 0 Å². The predicted molar refractivity (Wildman–Crippen MR) is 127 cm³/mol. The van der Waals surface area contributed by atoms with Crippen LogP contribution in [-0.2, 0) is 6.18 Å². The van der Waals surface area contributed by atoms with Gasteiger partial charge in [0.1, 0.15) is 5.82 Å². The molecule has 3 aliphatic rings. The molecule has 0 saturated heterocycles. The second-order valence-corrected chi connectivity index (χ2v) is 11.4. The van der Waals surface area contributed by atoms with Gasteiger partial charge in [-0.15, -0.1) is 0 Å². The number of halogens is 4. The molecule has 184 valence electrons. The lowest BCUT2D eigenvalue weighted by molar-refractivity contribution is -0.140. The van der Waals surface area contributed by atoms with Gasteiger partial charge in [-0.3, -0.25) is 0 Å². The fourth-order valence-corrected chi connectivity index (χ4v) is 6.73. The normalized spacial score (nSPS) is 34.0. The predicted octanol–water partition coefficient (Wildman–Crippen LogP) is 9.78. The molecule has 0 bridgehead atoms. The van der Waals surface area contributed by atoms with Crippen molar-refractivity contribution in [2.75, 3.05) is 0 Å². The van der Waals surface area contributed by atoms with Crippen LogP contribution in [0.25, 0.3) is 6.08 Å². The fraction of sp³-hybridized carbons (Fsp3) is 0.724. The van der Waals surface area contributed by atoms with Crippen LogP contribution in [0.15, 0.2) is 18.2 Å². The van der Waals surface area contributed by atoms with E-state index in [2.05, 4.69) is 13.8 Å². The fourth-order valence-electron chi connectivity index (χ4n) is 6.73. The van der Waals surface area contributed by atoms with E-state index < -0.39 is 17.6 Å². The van der Waals surface area contributed by atoms with E-state index in [-0.39, 0.29) is 17.0 Å². The van der Waals surface area contributed by atoms with Gasteiger partial charge in [0.05, 0.1) is 5.56 Å². The molecule has 0 unspecified atom stereocenters. The van der Waals surface area contributed by atoms with E-state index in [0.29, 0.717) is 11.8 Å². The van der Waals surface area contributed by atoms with Crippen molar-refractivity contribution in [2.24, 2.45) is 29.6 Å². The number of hydrogen-bond acceptors (Lipinski definition) is 0. The van der Waals surface area contributed by atoms with Gasteiger partial charge in [0.25, 0.3) is 0 Å². The second kappa shape index (κ2) is 10.5. The largest absolute Gasteiger partial charge is 0.419 e. The molecular weight excluding hydrogens is 424 g/mol. The molecule has 0 spiro atoms. The summed E-state index contributed by atoms with van der Waals surface area (Å²) in [5.74, 6) is 2.21. The standard InChI is InChI=1S/C29H40F4/c1-19-3-10-22(11-4-19)23-14-7-21(8-15-23)9-16-25-17-18-26(24-12-5-20(2)6-13-24)28(30)27(25)29(31,32)33/h9,16-24H,3-8,10-15H2,1-2H3/b16-9+. The van der Waals surface area contributed by atoms with E-state index in [4.69, 9.17) is 0 Å². The van der Waals surface area contributed by atoms with Crippen molar-refractivity contribution in [3.05, 3.63) is 40.7 Å². The van der Waals surface area contributed by atoms with Gasteiger partial charge >= 0.3 is 6.18 Å². The van der Waals surface area contributed by atoms with Crippen LogP contribution in [0.4, 0.5) is 17.6 Å². The summed E-state index contributed by atoms with van der Waals surface area (Å²) in [5.41, 5.74) is -0.829. The zero-order chi connectivity index (χ0) is 23.6. The molecule has 0 radical (unpaired) electrons. The Hall–Kier alpha value is -1.32. The minimum absolute atomic E-state index is 0.0173. The van der Waals surface area contributed by atoms with Crippen LogP contribution in [0.5, 0.6) is 0 Å². The molecule has 4 rings (SSSR count). The second-order valence-electron chi connectivity index (χ2n) is 11.4. The van der Waals surface area contributed by atoms with Crippen molar-refractivity contribution in [1.82, 2.24) is 0 Å². The molecule has 0 N–H and O–H groups in total. The highest BCUT2D eigenvalue weighted by Gasteiger charge is 2.38. The SMILES string of the molecule is CC1CCC(c2ccc(/C=C/C3CCC(C4CCC(C)CC4)CC3)c(C(F)(F)F)c2F)CC1. The summed E-state index contributed by atoms with van der Waals surface area (Å²) < 4.78 is 56.9. The van der Waals surface area contributed by atoms with E-state index >= 15 is 4.39 Å². The lowest BCUT2D eigenvalue weighted by atomic mass is 9.69. The van der Waals surface area contributed by atoms with Crippen LogP contribution < -0.4 is 0 Å². The molecule has 0 atom stereocenters. The number of rotatable bonds is 4. The number of alkyl halides is 3. The summed E-state index contributed by atoms with van der Waals surface area (Å²) in [6.07, 6.45) is 12.0. The Kier molecular flexibility index (Phi) is 7.91. The summed E-state index contributed by atoms with van der Waals surface area (Å²) in [6, 6.07) is 3.12. The molecule has 4 heteroatoms. The highest BCUT2D eigenvalue weighted by molar-refractivity contribution is 5.57. The van der Waals surface area contributed by atoms with E-state index in [9.17, 15) is 13.2 Å². The van der Waals surface area contributed by atoms with Crippen LogP contribution in [0.3, 0.4) is 0 Å². The van der Waals surface area contributed by atoms with E-state index in [0.717, 1.165) is 56.3 Å². The van der Waals surface area contributed by atoms with Gasteiger partial charge in [0.2, 0.25) is 0 Å². The summed E-state index contributed by atoms with van der Waals surface area (Å²) in [4.78, 5) is 0. The maximum atomic E-state index is 15.2. The van der Waals surface area contributed by atoms with Gasteiger partial charge < -0.3 is 0 Å². The Morgan fingerprint density at radius 3 is 1.79 bits per heavy atom. The first-order chi connectivity index (χ1) is 15.7. The van der Waals surface area contributed by atoms with E-state index in [1.807, 2.05) is 6.08 Å². The summed E-state index contributed by atoms with van der Waals surface area (Å²) in [5, 5.41) is 0. The van der Waals surface area contributed by atoms with Gasteiger partial charge in [0, 0.05) is 0 Å². The molecule has 0 aliphatic heterocycles. The third-order valence-electron chi connectivity index (χ3n) is 9.03. The zero-order valence-corrected chi connectivity index (χ0v) is 20.3. The third-order valence-corrected chi connectivity index (χ3v) is 9.03. The molecular formula is C29H40F4. The van der Waals surface area contributed by atoms with Crippen molar-refractivity contribution >= 4 is 6.08 Å². The molecule has 0 heterocycles. The molecule has 1 aromatic carbocycles. The Balaban J connectivity index is 1.43. The summed E-state index contributed by atoms with van der Waals surface area (Å²) in [6.45, 7) is 4.50. The van der Waals surface area contributed by atoms with Gasteiger partial charge in [-0.05, 0) is 98.0 Å². The van der Waals surface area contributed by atoms with Crippen LogP contribution in [0.1, 0.15) is 114 Å². The van der Waals surface area contributed by atoms with Crippen LogP contribution in [0, 0.1) is 35.4 Å². The number of benzene rings is 1. The minimum atomic E-state index is -4.68. The molecule has 0 amide bonds. The minimum Gasteiger partial charge on any atom is -0.206 e. The van der Waals surface area contributed by atoms with Crippen LogP contribution in [-0.4, -0.2) is 0 Å². The van der Waals surface area contributed by atoms with Crippen molar-refractivity contribution in [1.29, 1.82) is 0 Å². The quantitative estimate of drug-likeness (QED) is 0.389. The average Bonchev–Trinajstić information content (AvgIpc) is 2.78. The van der Waals surface area contributed by atoms with Gasteiger partial charge in [-0.25, -0.2) is 4.39 Å². The first kappa shape index (κ1) is 24.8. The first-order valence-corrected chi connectivity index (χ1v) is 13.3. The zero-order valence-electron chi connectivity index (χ0n) is 20.3. The summed E-state index contributed by atoms with van der Waals surface area (Å²) >= 11 is 0. The maximum Gasteiger partial charge on any atom is 0.419 e. The van der Waals surface area contributed by atoms with Crippen LogP contribution in [0.2, 0.25) is 0 Å². The molecule has 33 heavy (non-hydrogen) atoms. The topological polar surface area (TPSA) is 0 Å². The Labute approximate surface area is 197 Å². The lowest BCUT2D eigenvalue weighted by Gasteiger charge is -2.36. The highest BCUT2D eigenvalue weighted by atomic mass is 19.4. The summed E-state index contributed by atoms with van der Waals surface area (Å²) in [7, 11) is 0. The van der Waals surface area contributed by atoms with Gasteiger partial charge in [-0.1, -0.05) is 63.8 Å². The maximum absolute atomic E-state index is 15.2. The smallest absolute Gasteiger partial charge is 0.206 e. The highest BCUT2D eigenvalue weighted by Crippen LogP contribution is 2.44. The average molecular weight is 465 g/mol. The van der Waals surface area contributed by atoms with Crippen molar-refractivity contribution in [3.8, 4) is 0 Å². The molecule has 3 fully saturated rings. The monoisotopic (exact) mass is 464 g/mol. The Morgan fingerprint density at radius 2 is 1.24 bits per heavy atom. The van der Waals surface area contributed by atoms with E-state index in [1.54, 1.807) is 12.1 Å². The number of allylic oxidation sites excluding steroid dienone is 1. The molecule has 3 aliphatic carbocycles. The van der Waals surface area contributed by atoms with E-state index in [1.165, 1.54) is 44.6 Å². The van der Waals surface area contributed by atoms with Crippen molar-refractivity contribution in [2.45, 2.75) is 103 Å². The molecule has 1 aromatic rings. The number of hydrogen-bond donors (Lipinski definition) is 0. The lowest BCUT2D eigenvalue weighted by Crippen LogP contribution is -2.24. The molecule has 0 nitrogen and oxygen atoms in total. The van der Waals surface area contributed by atoms with Gasteiger partial charge in [0.15, 0.2) is 0 Å². The van der Waals surface area contributed by atoms with Crippen molar-refractivity contribution < 1.29 is 17.6 Å². The first-order valence-electron chi connectivity index (χ1n) is 13.3. The Bertz CT molecular complexity index is 800. The molecule has 3 saturated carbocycles.